The maximum absolute atomic E-state index is 11.5. The number of amides is 1. The number of nitrogens with zero attached hydrogens (tertiary/aromatic N) is 2. The van der Waals surface area contributed by atoms with Gasteiger partial charge in [-0.15, -0.1) is 0 Å². The highest BCUT2D eigenvalue weighted by Gasteiger charge is 2.33. The zero-order valence-corrected chi connectivity index (χ0v) is 8.76. The number of pyridine rings is 1. The van der Waals surface area contributed by atoms with Crippen molar-refractivity contribution in [2.24, 2.45) is 5.73 Å². The van der Waals surface area contributed by atoms with Crippen molar-refractivity contribution in [1.29, 1.82) is 0 Å². The summed E-state index contributed by atoms with van der Waals surface area (Å²) in [6.45, 7) is 0. The fourth-order valence-electron chi connectivity index (χ4n) is 2.03. The highest BCUT2D eigenvalue weighted by atomic mass is 16.5. The third-order valence-corrected chi connectivity index (χ3v) is 3.14. The van der Waals surface area contributed by atoms with Crippen LogP contribution in [0.1, 0.15) is 30.0 Å². The fraction of sp³-hybridized carbons (Fsp3) is 0.455. The monoisotopic (exact) mass is 219 g/mol. The highest BCUT2D eigenvalue weighted by molar-refractivity contribution is 5.97. The van der Waals surface area contributed by atoms with E-state index < -0.39 is 11.9 Å². The van der Waals surface area contributed by atoms with Crippen molar-refractivity contribution in [3.05, 3.63) is 23.4 Å². The Morgan fingerprint density at radius 1 is 1.44 bits per heavy atom. The molecule has 0 aromatic carbocycles. The summed E-state index contributed by atoms with van der Waals surface area (Å²) >= 11 is 0. The normalized spacial score (nSPS) is 24.5. The maximum Gasteiger partial charge on any atom is 0.269 e. The van der Waals surface area contributed by atoms with Gasteiger partial charge in [0.25, 0.3) is 5.91 Å². The average molecular weight is 219 g/mol. The maximum atomic E-state index is 11.5. The summed E-state index contributed by atoms with van der Waals surface area (Å²) in [4.78, 5) is 15.8. The van der Waals surface area contributed by atoms with Gasteiger partial charge in [0.15, 0.2) is 5.82 Å². The van der Waals surface area contributed by atoms with Crippen LogP contribution in [0.15, 0.2) is 12.1 Å². The van der Waals surface area contributed by atoms with Crippen molar-refractivity contribution < 1.29 is 10.0 Å². The summed E-state index contributed by atoms with van der Waals surface area (Å²) in [5, 5.41) is 10.3. The van der Waals surface area contributed by atoms with Gasteiger partial charge in [-0.3, -0.25) is 10.0 Å². The second kappa shape index (κ2) is 3.26. The zero-order chi connectivity index (χ0) is 11.3. The molecular weight excluding hydrogens is 206 g/mol. The summed E-state index contributed by atoms with van der Waals surface area (Å²) in [5.74, 6) is 0.383. The smallest absolute Gasteiger partial charge is 0.269 e. The zero-order valence-electron chi connectivity index (χ0n) is 8.76. The quantitative estimate of drug-likeness (QED) is 0.676. The molecule has 0 unspecified atom stereocenters. The van der Waals surface area contributed by atoms with E-state index in [2.05, 4.69) is 4.98 Å². The number of rotatable bonds is 1. The molecule has 2 heterocycles. The molecule has 0 radical (unpaired) electrons. The van der Waals surface area contributed by atoms with E-state index in [4.69, 9.17) is 5.73 Å². The number of hydroxylamine groups is 1. The molecule has 5 heteroatoms. The topological polar surface area (TPSA) is 79.4 Å². The molecule has 1 saturated carbocycles. The van der Waals surface area contributed by atoms with E-state index in [0.717, 1.165) is 24.1 Å². The van der Waals surface area contributed by atoms with Gasteiger partial charge in [0.1, 0.15) is 0 Å². The summed E-state index contributed by atoms with van der Waals surface area (Å²) < 4.78 is 0. The third-order valence-electron chi connectivity index (χ3n) is 3.14. The lowest BCUT2D eigenvalue weighted by atomic mass is 10.0. The minimum absolute atomic E-state index is 0.358. The Labute approximate surface area is 92.8 Å². The van der Waals surface area contributed by atoms with Crippen LogP contribution in [0.2, 0.25) is 0 Å². The van der Waals surface area contributed by atoms with Gasteiger partial charge in [-0.25, -0.2) is 4.98 Å². The van der Waals surface area contributed by atoms with Crippen molar-refractivity contribution >= 4 is 11.7 Å². The molecular formula is C11H13N3O2. The van der Waals surface area contributed by atoms with Crippen LogP contribution >= 0.6 is 0 Å². The van der Waals surface area contributed by atoms with E-state index in [1.165, 1.54) is 0 Å². The molecule has 5 nitrogen and oxygen atoms in total. The molecule has 3 N–H and O–H groups in total. The number of hydrogen-bond donors (Lipinski definition) is 2. The Hall–Kier alpha value is -1.46. The van der Waals surface area contributed by atoms with Gasteiger partial charge < -0.3 is 5.73 Å². The van der Waals surface area contributed by atoms with Crippen LogP contribution in [0.4, 0.5) is 5.82 Å². The molecule has 1 amide bonds. The lowest BCUT2D eigenvalue weighted by Gasteiger charge is -2.26. The predicted molar refractivity (Wildman–Crippen MR) is 57.2 cm³/mol. The molecule has 16 heavy (non-hydrogen) atoms. The van der Waals surface area contributed by atoms with Crippen LogP contribution in [-0.2, 0) is 11.2 Å². The predicted octanol–water partition coefficient (Wildman–Crippen LogP) is 0.565. The van der Waals surface area contributed by atoms with Crippen molar-refractivity contribution in [3.63, 3.8) is 0 Å². The van der Waals surface area contributed by atoms with Gasteiger partial charge in [0.2, 0.25) is 0 Å². The largest absolute Gasteiger partial charge is 0.320 e. The lowest BCUT2D eigenvalue weighted by Crippen LogP contribution is -2.47. The van der Waals surface area contributed by atoms with Crippen LogP contribution in [0.5, 0.6) is 0 Å². The Morgan fingerprint density at radius 2 is 2.19 bits per heavy atom. The van der Waals surface area contributed by atoms with Crippen LogP contribution in [0.25, 0.3) is 0 Å². The Bertz CT molecular complexity index is 457. The van der Waals surface area contributed by atoms with Gasteiger partial charge in [0.05, 0.1) is 6.04 Å². The second-order valence-corrected chi connectivity index (χ2v) is 4.45. The van der Waals surface area contributed by atoms with Gasteiger partial charge >= 0.3 is 0 Å². The van der Waals surface area contributed by atoms with Gasteiger partial charge in [0, 0.05) is 18.0 Å². The number of nitrogens with two attached hydrogens (primary N) is 1. The van der Waals surface area contributed by atoms with Crippen molar-refractivity contribution in [2.75, 3.05) is 5.06 Å². The first-order valence-corrected chi connectivity index (χ1v) is 5.45. The Balaban J connectivity index is 2.03. The molecule has 2 aliphatic rings. The summed E-state index contributed by atoms with van der Waals surface area (Å²) in [7, 11) is 0. The van der Waals surface area contributed by atoms with E-state index >= 15 is 0 Å². The van der Waals surface area contributed by atoms with Crippen molar-refractivity contribution in [1.82, 2.24) is 4.98 Å². The first-order valence-electron chi connectivity index (χ1n) is 5.45. The fourth-order valence-corrected chi connectivity index (χ4v) is 2.03. The number of hydrogen-bond acceptors (Lipinski definition) is 4. The number of fused-ring (bicyclic) bond motifs is 1. The molecule has 3 rings (SSSR count). The SMILES string of the molecule is N[C@H]1Cc2ccc(C3CC3)nc2N(O)C1=O. The van der Waals surface area contributed by atoms with E-state index in [1.54, 1.807) is 0 Å². The molecule has 1 fully saturated rings. The summed E-state index contributed by atoms with van der Waals surface area (Å²) in [6, 6.07) is 3.21. The van der Waals surface area contributed by atoms with Crippen molar-refractivity contribution in [3.8, 4) is 0 Å². The van der Waals surface area contributed by atoms with Crippen LogP contribution in [0.3, 0.4) is 0 Å². The molecule has 0 bridgehead atoms. The molecule has 0 saturated heterocycles. The summed E-state index contributed by atoms with van der Waals surface area (Å²) in [6.07, 6.45) is 2.73. The second-order valence-electron chi connectivity index (χ2n) is 4.45. The number of carbonyl (C=O) groups is 1. The summed E-state index contributed by atoms with van der Waals surface area (Å²) in [5.41, 5.74) is 7.41. The highest BCUT2D eigenvalue weighted by Crippen LogP contribution is 2.40. The minimum atomic E-state index is -0.661. The molecule has 1 aromatic rings. The molecule has 1 aliphatic heterocycles. The van der Waals surface area contributed by atoms with Crippen LogP contribution in [-0.4, -0.2) is 22.1 Å². The third kappa shape index (κ3) is 1.40. The average Bonchev–Trinajstić information content (AvgIpc) is 3.10. The Kier molecular flexibility index (Phi) is 1.99. The van der Waals surface area contributed by atoms with Crippen LogP contribution < -0.4 is 10.8 Å². The van der Waals surface area contributed by atoms with Gasteiger partial charge in [-0.2, -0.15) is 5.06 Å². The standard InChI is InChI=1S/C11H13N3O2/c12-8-5-7-3-4-9(6-1-2-6)13-10(7)14(16)11(8)15/h3-4,6,8,16H,1-2,5,12H2/t8-/m0/s1. The molecule has 1 aromatic heterocycles. The van der Waals surface area contributed by atoms with E-state index in [1.807, 2.05) is 12.1 Å². The van der Waals surface area contributed by atoms with E-state index in [-0.39, 0.29) is 0 Å². The first-order chi connectivity index (χ1) is 7.66. The Morgan fingerprint density at radius 3 is 2.88 bits per heavy atom. The number of carbonyl (C=O) groups excluding carboxylic acids is 1. The minimum Gasteiger partial charge on any atom is -0.320 e. The van der Waals surface area contributed by atoms with Gasteiger partial charge in [-0.1, -0.05) is 6.07 Å². The lowest BCUT2D eigenvalue weighted by molar-refractivity contribution is -0.125. The van der Waals surface area contributed by atoms with Crippen molar-refractivity contribution in [2.45, 2.75) is 31.2 Å². The first kappa shape index (κ1) is 9.74. The van der Waals surface area contributed by atoms with Gasteiger partial charge in [-0.05, 0) is 24.5 Å². The molecule has 84 valence electrons. The molecule has 0 spiro atoms. The van der Waals surface area contributed by atoms with E-state index in [0.29, 0.717) is 23.2 Å². The molecule has 1 aliphatic carbocycles. The number of anilines is 1. The number of aromatic nitrogens is 1. The molecule has 1 atom stereocenters. The van der Waals surface area contributed by atoms with Crippen LogP contribution in [0, 0.1) is 0 Å². The van der Waals surface area contributed by atoms with E-state index in [9.17, 15) is 10.0 Å².